The summed E-state index contributed by atoms with van der Waals surface area (Å²) in [5.41, 5.74) is -0.136. The summed E-state index contributed by atoms with van der Waals surface area (Å²) in [6.45, 7) is 4.95. The maximum absolute atomic E-state index is 11.4. The van der Waals surface area contributed by atoms with Crippen molar-refractivity contribution in [3.63, 3.8) is 0 Å². The van der Waals surface area contributed by atoms with Gasteiger partial charge in [-0.2, -0.15) is 0 Å². The van der Waals surface area contributed by atoms with Gasteiger partial charge in [0, 0.05) is 13.2 Å². The lowest BCUT2D eigenvalue weighted by Gasteiger charge is -2.30. The number of rotatable bonds is 6. The molecule has 2 aliphatic carbocycles. The first-order valence-corrected chi connectivity index (χ1v) is 6.96. The molecule has 4 atom stereocenters. The summed E-state index contributed by atoms with van der Waals surface area (Å²) in [5, 5.41) is 12.8. The van der Waals surface area contributed by atoms with Crippen molar-refractivity contribution >= 4 is 5.97 Å². The van der Waals surface area contributed by atoms with Crippen LogP contribution in [0.15, 0.2) is 0 Å². The fraction of sp³-hybridized carbons (Fsp3) is 0.929. The third kappa shape index (κ3) is 2.69. The van der Waals surface area contributed by atoms with E-state index in [0.717, 1.165) is 25.8 Å². The molecule has 2 saturated carbocycles. The molecule has 0 amide bonds. The zero-order chi connectivity index (χ0) is 13.3. The SMILES string of the molecule is COC(C)(C)CCNC1C2CCC(C2)C1C(=O)O. The minimum Gasteiger partial charge on any atom is -0.481 e. The first kappa shape index (κ1) is 13.8. The highest BCUT2D eigenvalue weighted by molar-refractivity contribution is 5.72. The Bertz CT molecular complexity index is 316. The van der Waals surface area contributed by atoms with Crippen molar-refractivity contribution in [2.24, 2.45) is 17.8 Å². The smallest absolute Gasteiger partial charge is 0.308 e. The number of carboxylic acid groups (broad SMARTS) is 1. The first-order chi connectivity index (χ1) is 8.44. The highest BCUT2D eigenvalue weighted by Gasteiger charge is 2.50. The molecule has 0 radical (unpaired) electrons. The Morgan fingerprint density at radius 2 is 2.06 bits per heavy atom. The molecule has 4 heteroatoms. The van der Waals surface area contributed by atoms with Gasteiger partial charge in [0.25, 0.3) is 0 Å². The van der Waals surface area contributed by atoms with Crippen LogP contribution in [0.2, 0.25) is 0 Å². The predicted molar refractivity (Wildman–Crippen MR) is 69.5 cm³/mol. The van der Waals surface area contributed by atoms with Gasteiger partial charge in [-0.3, -0.25) is 4.79 Å². The number of carbonyl (C=O) groups is 1. The molecule has 2 bridgehead atoms. The second kappa shape index (κ2) is 5.17. The van der Waals surface area contributed by atoms with Crippen LogP contribution in [0.3, 0.4) is 0 Å². The van der Waals surface area contributed by atoms with Gasteiger partial charge in [0.2, 0.25) is 0 Å². The lowest BCUT2D eigenvalue weighted by atomic mass is 9.84. The van der Waals surface area contributed by atoms with Crippen molar-refractivity contribution in [1.82, 2.24) is 5.32 Å². The summed E-state index contributed by atoms with van der Waals surface area (Å²) in [6.07, 6.45) is 4.30. The number of ether oxygens (including phenoxy) is 1. The van der Waals surface area contributed by atoms with Crippen LogP contribution < -0.4 is 5.32 Å². The summed E-state index contributed by atoms with van der Waals surface area (Å²) < 4.78 is 5.38. The van der Waals surface area contributed by atoms with Crippen LogP contribution in [-0.4, -0.2) is 36.4 Å². The van der Waals surface area contributed by atoms with Crippen LogP contribution >= 0.6 is 0 Å². The monoisotopic (exact) mass is 255 g/mol. The van der Waals surface area contributed by atoms with E-state index < -0.39 is 5.97 Å². The Labute approximate surface area is 109 Å². The fourth-order valence-electron chi connectivity index (χ4n) is 3.58. The van der Waals surface area contributed by atoms with Gasteiger partial charge >= 0.3 is 5.97 Å². The molecule has 2 fully saturated rings. The van der Waals surface area contributed by atoms with Crippen molar-refractivity contribution < 1.29 is 14.6 Å². The number of methoxy groups -OCH3 is 1. The Morgan fingerprint density at radius 3 is 2.67 bits per heavy atom. The van der Waals surface area contributed by atoms with Gasteiger partial charge in [0.1, 0.15) is 0 Å². The summed E-state index contributed by atoms with van der Waals surface area (Å²) >= 11 is 0. The molecule has 0 aromatic heterocycles. The highest BCUT2D eigenvalue weighted by atomic mass is 16.5. The van der Waals surface area contributed by atoms with Crippen molar-refractivity contribution in [2.75, 3.05) is 13.7 Å². The second-order valence-electron chi connectivity index (χ2n) is 6.39. The third-order valence-corrected chi connectivity index (χ3v) is 4.86. The molecule has 2 rings (SSSR count). The van der Waals surface area contributed by atoms with Crippen LogP contribution in [0.25, 0.3) is 0 Å². The molecule has 104 valence electrons. The summed E-state index contributed by atoms with van der Waals surface area (Å²) in [6, 6.07) is 0.175. The van der Waals surface area contributed by atoms with Gasteiger partial charge in [0.15, 0.2) is 0 Å². The maximum Gasteiger partial charge on any atom is 0.308 e. The van der Waals surface area contributed by atoms with Crippen molar-refractivity contribution in [2.45, 2.75) is 51.2 Å². The second-order valence-corrected chi connectivity index (χ2v) is 6.39. The Balaban J connectivity index is 1.87. The molecule has 0 aromatic carbocycles. The van der Waals surface area contributed by atoms with E-state index in [9.17, 15) is 9.90 Å². The molecule has 2 N–H and O–H groups in total. The van der Waals surface area contributed by atoms with Crippen molar-refractivity contribution in [3.05, 3.63) is 0 Å². The largest absolute Gasteiger partial charge is 0.481 e. The maximum atomic E-state index is 11.4. The Kier molecular flexibility index (Phi) is 3.97. The van der Waals surface area contributed by atoms with Crippen LogP contribution in [0, 0.1) is 17.8 Å². The molecule has 4 unspecified atom stereocenters. The number of carboxylic acids is 1. The molecule has 0 aromatic rings. The Morgan fingerprint density at radius 1 is 1.39 bits per heavy atom. The van der Waals surface area contributed by atoms with E-state index >= 15 is 0 Å². The standard InChI is InChI=1S/C14H25NO3/c1-14(2,18-3)6-7-15-12-10-5-4-9(8-10)11(12)13(16)17/h9-12,15H,4-8H2,1-3H3,(H,16,17). The van der Waals surface area contributed by atoms with Crippen LogP contribution in [-0.2, 0) is 9.53 Å². The highest BCUT2D eigenvalue weighted by Crippen LogP contribution is 2.48. The van der Waals surface area contributed by atoms with Gasteiger partial charge < -0.3 is 15.2 Å². The zero-order valence-electron chi connectivity index (χ0n) is 11.6. The average molecular weight is 255 g/mol. The normalized spacial score (nSPS) is 35.1. The van der Waals surface area contributed by atoms with Gasteiger partial charge in [0.05, 0.1) is 11.5 Å². The van der Waals surface area contributed by atoms with Gasteiger partial charge in [-0.15, -0.1) is 0 Å². The van der Waals surface area contributed by atoms with E-state index in [2.05, 4.69) is 19.2 Å². The fourth-order valence-corrected chi connectivity index (χ4v) is 3.58. The average Bonchev–Trinajstić information content (AvgIpc) is 2.88. The molecule has 2 aliphatic rings. The molecule has 18 heavy (non-hydrogen) atoms. The summed E-state index contributed by atoms with van der Waals surface area (Å²) in [4.78, 5) is 11.4. The van der Waals surface area contributed by atoms with E-state index in [1.807, 2.05) is 0 Å². The first-order valence-electron chi connectivity index (χ1n) is 6.96. The molecule has 0 saturated heterocycles. The van der Waals surface area contributed by atoms with E-state index in [1.54, 1.807) is 7.11 Å². The number of hydrogen-bond acceptors (Lipinski definition) is 3. The third-order valence-electron chi connectivity index (χ3n) is 4.86. The van der Waals surface area contributed by atoms with Crippen LogP contribution in [0.5, 0.6) is 0 Å². The lowest BCUT2D eigenvalue weighted by molar-refractivity contribution is -0.144. The molecule has 4 nitrogen and oxygen atoms in total. The lowest BCUT2D eigenvalue weighted by Crippen LogP contribution is -2.45. The topological polar surface area (TPSA) is 58.6 Å². The van der Waals surface area contributed by atoms with Crippen molar-refractivity contribution in [1.29, 1.82) is 0 Å². The van der Waals surface area contributed by atoms with Crippen molar-refractivity contribution in [3.8, 4) is 0 Å². The Hall–Kier alpha value is -0.610. The summed E-state index contributed by atoms with van der Waals surface area (Å²) in [7, 11) is 1.72. The predicted octanol–water partition coefficient (Wildman–Crippen LogP) is 1.89. The minimum absolute atomic E-state index is 0.136. The number of nitrogens with one attached hydrogen (secondary N) is 1. The molecular weight excluding hydrogens is 230 g/mol. The van der Waals surface area contributed by atoms with Gasteiger partial charge in [-0.25, -0.2) is 0 Å². The van der Waals surface area contributed by atoms with E-state index in [0.29, 0.717) is 11.8 Å². The quantitative estimate of drug-likeness (QED) is 0.761. The van der Waals surface area contributed by atoms with Crippen LogP contribution in [0.4, 0.5) is 0 Å². The number of aliphatic carboxylic acids is 1. The molecule has 0 heterocycles. The number of fused-ring (bicyclic) bond motifs is 2. The van der Waals surface area contributed by atoms with Crippen LogP contribution in [0.1, 0.15) is 39.5 Å². The van der Waals surface area contributed by atoms with E-state index in [-0.39, 0.29) is 17.6 Å². The zero-order valence-corrected chi connectivity index (χ0v) is 11.6. The molecule has 0 aliphatic heterocycles. The van der Waals surface area contributed by atoms with E-state index in [4.69, 9.17) is 4.74 Å². The molecular formula is C14H25NO3. The summed E-state index contributed by atoms with van der Waals surface area (Å²) in [5.74, 6) is 0.183. The number of hydrogen-bond donors (Lipinski definition) is 2. The molecule has 0 spiro atoms. The minimum atomic E-state index is -0.620. The van der Waals surface area contributed by atoms with E-state index in [1.165, 1.54) is 6.42 Å². The van der Waals surface area contributed by atoms with Gasteiger partial charge in [-0.05, 0) is 57.9 Å². The van der Waals surface area contributed by atoms with Gasteiger partial charge in [-0.1, -0.05) is 0 Å².